The van der Waals surface area contributed by atoms with Crippen LogP contribution in [0.25, 0.3) is 0 Å². The standard InChI is InChI=1S/C27H39NO5/c1-3-5-7-8-20-18-31-27(32-19-20)22-11-9-21(10-12-22)26(29)33-25-14-13-24(16-23(25)17-28)30-15-6-4-2/h13-14,16,20-22,27H,3-12,15,18-19H2,1-2H3. The van der Waals surface area contributed by atoms with Crippen LogP contribution in [0.3, 0.4) is 0 Å². The van der Waals surface area contributed by atoms with Crippen molar-refractivity contribution in [2.24, 2.45) is 17.8 Å². The zero-order valence-corrected chi connectivity index (χ0v) is 20.2. The molecular weight excluding hydrogens is 418 g/mol. The SMILES string of the molecule is CCCCCC1COC(C2CCC(C(=O)Oc3ccc(OCCCC)cc3C#N)CC2)OC1. The maximum Gasteiger partial charge on any atom is 0.314 e. The maximum absolute atomic E-state index is 12.8. The molecule has 1 saturated carbocycles. The van der Waals surface area contributed by atoms with Gasteiger partial charge < -0.3 is 18.9 Å². The summed E-state index contributed by atoms with van der Waals surface area (Å²) in [6.45, 7) is 6.49. The second-order valence-corrected chi connectivity index (χ2v) is 9.40. The third-order valence-electron chi connectivity index (χ3n) is 6.75. The number of carbonyl (C=O) groups excluding carboxylic acids is 1. The Morgan fingerprint density at radius 3 is 2.45 bits per heavy atom. The van der Waals surface area contributed by atoms with E-state index in [1.54, 1.807) is 18.2 Å². The molecule has 182 valence electrons. The van der Waals surface area contributed by atoms with Crippen LogP contribution in [0.1, 0.15) is 83.6 Å². The summed E-state index contributed by atoms with van der Waals surface area (Å²) in [4.78, 5) is 12.8. The fraction of sp³-hybridized carbons (Fsp3) is 0.704. The molecule has 0 aromatic heterocycles. The smallest absolute Gasteiger partial charge is 0.314 e. The van der Waals surface area contributed by atoms with Crippen LogP contribution < -0.4 is 9.47 Å². The molecule has 6 heteroatoms. The summed E-state index contributed by atoms with van der Waals surface area (Å²) >= 11 is 0. The van der Waals surface area contributed by atoms with Crippen LogP contribution in [0.4, 0.5) is 0 Å². The Kier molecular flexibility index (Phi) is 10.5. The Morgan fingerprint density at radius 2 is 1.79 bits per heavy atom. The van der Waals surface area contributed by atoms with E-state index in [2.05, 4.69) is 19.9 Å². The highest BCUT2D eigenvalue weighted by molar-refractivity contribution is 5.76. The molecule has 2 fully saturated rings. The molecule has 1 saturated heterocycles. The molecule has 0 spiro atoms. The molecule has 3 rings (SSSR count). The predicted molar refractivity (Wildman–Crippen MR) is 126 cm³/mol. The predicted octanol–water partition coefficient (Wildman–Crippen LogP) is 6.02. The quantitative estimate of drug-likeness (QED) is 0.230. The number of nitrogens with zero attached hydrogens (tertiary/aromatic N) is 1. The number of benzene rings is 1. The Balaban J connectivity index is 1.43. The number of hydrogen-bond acceptors (Lipinski definition) is 6. The van der Waals surface area contributed by atoms with Gasteiger partial charge in [-0.3, -0.25) is 4.79 Å². The van der Waals surface area contributed by atoms with Gasteiger partial charge in [0.2, 0.25) is 0 Å². The molecule has 1 aliphatic heterocycles. The van der Waals surface area contributed by atoms with Crippen molar-refractivity contribution in [2.75, 3.05) is 19.8 Å². The fourth-order valence-corrected chi connectivity index (χ4v) is 4.61. The molecule has 1 heterocycles. The van der Waals surface area contributed by atoms with E-state index in [0.29, 0.717) is 35.5 Å². The fourth-order valence-electron chi connectivity index (χ4n) is 4.61. The van der Waals surface area contributed by atoms with E-state index in [9.17, 15) is 10.1 Å². The Hall–Kier alpha value is -2.10. The van der Waals surface area contributed by atoms with Crippen molar-refractivity contribution in [2.45, 2.75) is 84.3 Å². The maximum atomic E-state index is 12.8. The first-order valence-corrected chi connectivity index (χ1v) is 12.8. The van der Waals surface area contributed by atoms with Crippen molar-refractivity contribution in [3.05, 3.63) is 23.8 Å². The molecule has 0 N–H and O–H groups in total. The first-order valence-electron chi connectivity index (χ1n) is 12.8. The second kappa shape index (κ2) is 13.6. The summed E-state index contributed by atoms with van der Waals surface area (Å²) in [7, 11) is 0. The van der Waals surface area contributed by atoms with Gasteiger partial charge in [0.25, 0.3) is 0 Å². The van der Waals surface area contributed by atoms with E-state index in [1.807, 2.05) is 0 Å². The van der Waals surface area contributed by atoms with Gasteiger partial charge in [-0.25, -0.2) is 0 Å². The highest BCUT2D eigenvalue weighted by atomic mass is 16.7. The molecule has 0 unspecified atom stereocenters. The van der Waals surface area contributed by atoms with Gasteiger partial charge in [-0.15, -0.1) is 0 Å². The molecule has 33 heavy (non-hydrogen) atoms. The molecule has 1 aliphatic carbocycles. The van der Waals surface area contributed by atoms with Gasteiger partial charge >= 0.3 is 5.97 Å². The minimum Gasteiger partial charge on any atom is -0.494 e. The van der Waals surface area contributed by atoms with Crippen LogP contribution in [0.5, 0.6) is 11.5 Å². The Morgan fingerprint density at radius 1 is 1.06 bits per heavy atom. The van der Waals surface area contributed by atoms with E-state index in [4.69, 9.17) is 18.9 Å². The lowest BCUT2D eigenvalue weighted by Gasteiger charge is -2.37. The summed E-state index contributed by atoms with van der Waals surface area (Å²) in [5.41, 5.74) is 0.323. The van der Waals surface area contributed by atoms with Gasteiger partial charge in [0.1, 0.15) is 17.6 Å². The highest BCUT2D eigenvalue weighted by Gasteiger charge is 2.35. The van der Waals surface area contributed by atoms with Crippen LogP contribution in [-0.2, 0) is 14.3 Å². The van der Waals surface area contributed by atoms with E-state index in [-0.39, 0.29) is 18.2 Å². The molecule has 1 aromatic rings. The van der Waals surface area contributed by atoms with E-state index in [0.717, 1.165) is 51.7 Å². The van der Waals surface area contributed by atoms with E-state index in [1.165, 1.54) is 25.7 Å². The van der Waals surface area contributed by atoms with Gasteiger partial charge in [-0.2, -0.15) is 5.26 Å². The lowest BCUT2D eigenvalue weighted by atomic mass is 9.81. The lowest BCUT2D eigenvalue weighted by Crippen LogP contribution is -2.39. The summed E-state index contributed by atoms with van der Waals surface area (Å²) in [5.74, 6) is 1.36. The number of carbonyl (C=O) groups is 1. The van der Waals surface area contributed by atoms with Crippen molar-refractivity contribution in [1.82, 2.24) is 0 Å². The summed E-state index contributed by atoms with van der Waals surface area (Å²) in [6, 6.07) is 7.17. The third-order valence-corrected chi connectivity index (χ3v) is 6.75. The number of hydrogen-bond donors (Lipinski definition) is 0. The molecule has 0 amide bonds. The summed E-state index contributed by atoms with van der Waals surface area (Å²) in [5, 5.41) is 9.47. The number of rotatable bonds is 11. The minimum atomic E-state index is -0.258. The average molecular weight is 458 g/mol. The van der Waals surface area contributed by atoms with Crippen LogP contribution in [0, 0.1) is 29.1 Å². The van der Waals surface area contributed by atoms with Crippen molar-refractivity contribution in [1.29, 1.82) is 5.26 Å². The van der Waals surface area contributed by atoms with Gasteiger partial charge in [-0.1, -0.05) is 39.5 Å². The van der Waals surface area contributed by atoms with Gasteiger partial charge in [-0.05, 0) is 50.7 Å². The zero-order valence-electron chi connectivity index (χ0n) is 20.2. The van der Waals surface area contributed by atoms with Crippen LogP contribution in [0.15, 0.2) is 18.2 Å². The van der Waals surface area contributed by atoms with Gasteiger partial charge in [0, 0.05) is 17.9 Å². The van der Waals surface area contributed by atoms with Crippen molar-refractivity contribution >= 4 is 5.97 Å². The first kappa shape index (κ1) is 25.5. The molecule has 0 atom stereocenters. The first-order chi connectivity index (χ1) is 16.1. The van der Waals surface area contributed by atoms with Crippen LogP contribution in [0.2, 0.25) is 0 Å². The summed E-state index contributed by atoms with van der Waals surface area (Å²) < 4.78 is 23.4. The van der Waals surface area contributed by atoms with Crippen LogP contribution in [-0.4, -0.2) is 32.1 Å². The number of ether oxygens (including phenoxy) is 4. The molecular formula is C27H39NO5. The normalized spacial score (nSPS) is 25.2. The lowest BCUT2D eigenvalue weighted by molar-refractivity contribution is -0.230. The topological polar surface area (TPSA) is 77.8 Å². The molecule has 0 bridgehead atoms. The van der Waals surface area contributed by atoms with Crippen molar-refractivity contribution < 1.29 is 23.7 Å². The Labute approximate surface area is 198 Å². The minimum absolute atomic E-state index is 0.144. The molecule has 6 nitrogen and oxygen atoms in total. The van der Waals surface area contributed by atoms with E-state index >= 15 is 0 Å². The number of unbranched alkanes of at least 4 members (excludes halogenated alkanes) is 3. The number of esters is 1. The molecule has 1 aromatic carbocycles. The average Bonchev–Trinajstić information content (AvgIpc) is 2.85. The second-order valence-electron chi connectivity index (χ2n) is 9.40. The van der Waals surface area contributed by atoms with Gasteiger partial charge in [0.15, 0.2) is 6.29 Å². The van der Waals surface area contributed by atoms with Crippen LogP contribution >= 0.6 is 0 Å². The van der Waals surface area contributed by atoms with E-state index < -0.39 is 0 Å². The largest absolute Gasteiger partial charge is 0.494 e. The molecule has 0 radical (unpaired) electrons. The summed E-state index contributed by atoms with van der Waals surface area (Å²) in [6.07, 6.45) is 10.1. The Bertz CT molecular complexity index is 773. The monoisotopic (exact) mass is 457 g/mol. The van der Waals surface area contributed by atoms with Gasteiger partial charge in [0.05, 0.1) is 31.3 Å². The third kappa shape index (κ3) is 7.72. The number of nitriles is 1. The highest BCUT2D eigenvalue weighted by Crippen LogP contribution is 2.35. The van der Waals surface area contributed by atoms with Crippen molar-refractivity contribution in [3.8, 4) is 17.6 Å². The van der Waals surface area contributed by atoms with Crippen molar-refractivity contribution in [3.63, 3.8) is 0 Å². The molecule has 2 aliphatic rings. The zero-order chi connectivity index (χ0) is 23.5.